The van der Waals surface area contributed by atoms with E-state index in [1.54, 1.807) is 11.0 Å². The van der Waals surface area contributed by atoms with Gasteiger partial charge in [-0.1, -0.05) is 24.3 Å². The van der Waals surface area contributed by atoms with Crippen LogP contribution in [0.3, 0.4) is 0 Å². The summed E-state index contributed by atoms with van der Waals surface area (Å²) < 4.78 is 5.24. The Balaban J connectivity index is 1.32. The monoisotopic (exact) mass is 425 g/mol. The van der Waals surface area contributed by atoms with Crippen LogP contribution in [0.25, 0.3) is 0 Å². The predicted octanol–water partition coefficient (Wildman–Crippen LogP) is 0.881. The highest BCUT2D eigenvalue weighted by atomic mass is 16.5. The third-order valence-electron chi connectivity index (χ3n) is 5.78. The molecule has 2 N–H and O–H groups in total. The fraction of sp³-hybridized carbons (Fsp3) is 0.522. The minimum atomic E-state index is -0.643. The maximum Gasteiger partial charge on any atom is 0.270 e. The van der Waals surface area contributed by atoms with Crippen LogP contribution in [0.5, 0.6) is 0 Å². The molecule has 2 aliphatic rings. The summed E-state index contributed by atoms with van der Waals surface area (Å²) in [5, 5.41) is 13.3. The lowest BCUT2D eigenvalue weighted by molar-refractivity contribution is -0.0316. The number of rotatable bonds is 8. The molecule has 166 valence electrons. The molecule has 0 aliphatic carbocycles. The van der Waals surface area contributed by atoms with Crippen molar-refractivity contribution in [1.82, 2.24) is 20.2 Å². The molecule has 8 heteroatoms. The molecule has 1 saturated heterocycles. The van der Waals surface area contributed by atoms with Crippen molar-refractivity contribution in [2.75, 3.05) is 51.8 Å². The average molecular weight is 426 g/mol. The Kier molecular flexibility index (Phi) is 6.80. The van der Waals surface area contributed by atoms with Crippen LogP contribution in [0.4, 0.5) is 5.95 Å². The number of carbonyl (C=O) groups excluding carboxylic acids is 1. The molecule has 3 heterocycles. The molecule has 0 unspecified atom stereocenters. The van der Waals surface area contributed by atoms with E-state index < -0.39 is 6.10 Å². The SMILES string of the molecule is CN(C)c1nc(CC2COC2)cc(C(=O)NC[C@H](O)CN2CCc3ccccc3C2)n1. The van der Waals surface area contributed by atoms with E-state index in [0.717, 1.165) is 44.8 Å². The predicted molar refractivity (Wildman–Crippen MR) is 118 cm³/mol. The molecule has 2 aliphatic heterocycles. The van der Waals surface area contributed by atoms with Gasteiger partial charge in [0.25, 0.3) is 5.91 Å². The van der Waals surface area contributed by atoms with Crippen LogP contribution in [0.15, 0.2) is 30.3 Å². The van der Waals surface area contributed by atoms with Gasteiger partial charge in [-0.05, 0) is 30.0 Å². The second kappa shape index (κ2) is 9.72. The van der Waals surface area contributed by atoms with Gasteiger partial charge in [0.1, 0.15) is 5.69 Å². The van der Waals surface area contributed by atoms with E-state index in [9.17, 15) is 9.90 Å². The number of benzene rings is 1. The number of nitrogens with zero attached hydrogens (tertiary/aromatic N) is 4. The van der Waals surface area contributed by atoms with Crippen LogP contribution >= 0.6 is 0 Å². The zero-order valence-electron chi connectivity index (χ0n) is 18.3. The third kappa shape index (κ3) is 5.58. The van der Waals surface area contributed by atoms with Crippen molar-refractivity contribution in [2.24, 2.45) is 5.92 Å². The second-order valence-electron chi connectivity index (χ2n) is 8.66. The normalized spacial score (nSPS) is 17.5. The highest BCUT2D eigenvalue weighted by Gasteiger charge is 2.22. The smallest absolute Gasteiger partial charge is 0.270 e. The number of hydrogen-bond donors (Lipinski definition) is 2. The van der Waals surface area contributed by atoms with Gasteiger partial charge in [-0.25, -0.2) is 9.97 Å². The first-order valence-electron chi connectivity index (χ1n) is 10.9. The molecule has 1 atom stereocenters. The number of fused-ring (bicyclic) bond motifs is 1. The molecule has 8 nitrogen and oxygen atoms in total. The summed E-state index contributed by atoms with van der Waals surface area (Å²) in [5.74, 6) is 0.660. The van der Waals surface area contributed by atoms with Gasteiger partial charge in [-0.2, -0.15) is 0 Å². The summed E-state index contributed by atoms with van der Waals surface area (Å²) in [6.07, 6.45) is 1.11. The van der Waals surface area contributed by atoms with Crippen molar-refractivity contribution < 1.29 is 14.6 Å². The molecular weight excluding hydrogens is 394 g/mol. The van der Waals surface area contributed by atoms with Crippen molar-refractivity contribution in [3.8, 4) is 0 Å². The average Bonchev–Trinajstić information content (AvgIpc) is 2.74. The topological polar surface area (TPSA) is 90.8 Å². The van der Waals surface area contributed by atoms with Gasteiger partial charge in [0.15, 0.2) is 0 Å². The lowest BCUT2D eigenvalue weighted by Gasteiger charge is -2.30. The van der Waals surface area contributed by atoms with Gasteiger partial charge in [-0.3, -0.25) is 9.69 Å². The number of hydrogen-bond acceptors (Lipinski definition) is 7. The quantitative estimate of drug-likeness (QED) is 0.649. The van der Waals surface area contributed by atoms with E-state index in [2.05, 4.69) is 44.5 Å². The maximum atomic E-state index is 12.7. The molecule has 1 aromatic carbocycles. The Morgan fingerprint density at radius 1 is 1.29 bits per heavy atom. The summed E-state index contributed by atoms with van der Waals surface area (Å²) in [5.41, 5.74) is 3.86. The second-order valence-corrected chi connectivity index (χ2v) is 8.66. The Hall–Kier alpha value is -2.55. The zero-order valence-corrected chi connectivity index (χ0v) is 18.3. The molecule has 0 spiro atoms. The van der Waals surface area contributed by atoms with Gasteiger partial charge in [-0.15, -0.1) is 0 Å². The highest BCUT2D eigenvalue weighted by molar-refractivity contribution is 5.92. The van der Waals surface area contributed by atoms with Crippen molar-refractivity contribution in [3.63, 3.8) is 0 Å². The van der Waals surface area contributed by atoms with E-state index >= 15 is 0 Å². The number of anilines is 1. The molecule has 1 amide bonds. The van der Waals surface area contributed by atoms with Crippen LogP contribution < -0.4 is 10.2 Å². The lowest BCUT2D eigenvalue weighted by atomic mass is 10.00. The lowest BCUT2D eigenvalue weighted by Crippen LogP contribution is -2.42. The Bertz CT molecular complexity index is 916. The fourth-order valence-corrected chi connectivity index (χ4v) is 3.98. The summed E-state index contributed by atoms with van der Waals surface area (Å²) in [6, 6.07) is 10.2. The summed E-state index contributed by atoms with van der Waals surface area (Å²) >= 11 is 0. The first-order valence-corrected chi connectivity index (χ1v) is 10.9. The van der Waals surface area contributed by atoms with Crippen LogP contribution in [0.1, 0.15) is 27.3 Å². The number of aromatic nitrogens is 2. The molecule has 0 saturated carbocycles. The zero-order chi connectivity index (χ0) is 21.8. The minimum absolute atomic E-state index is 0.185. The molecule has 0 bridgehead atoms. The first-order chi connectivity index (χ1) is 15.0. The van der Waals surface area contributed by atoms with Gasteiger partial charge < -0.3 is 20.1 Å². The molecule has 1 aromatic heterocycles. The minimum Gasteiger partial charge on any atom is -0.390 e. The standard InChI is InChI=1S/C23H31N5O3/c1-27(2)23-25-19(9-16-14-31-15-16)10-21(26-23)22(30)24-11-20(29)13-28-8-7-17-5-3-4-6-18(17)12-28/h3-6,10,16,20,29H,7-9,11-15H2,1-2H3,(H,24,30)/t20-/m0/s1. The maximum absolute atomic E-state index is 12.7. The summed E-state index contributed by atoms with van der Waals surface area (Å²) in [4.78, 5) is 25.7. The molecule has 0 radical (unpaired) electrons. The number of nitrogens with one attached hydrogen (secondary N) is 1. The Morgan fingerprint density at radius 2 is 2.06 bits per heavy atom. The van der Waals surface area contributed by atoms with Gasteiger partial charge in [0.05, 0.1) is 19.3 Å². The Labute approximate surface area is 183 Å². The molecule has 1 fully saturated rings. The molecule has 2 aromatic rings. The van der Waals surface area contributed by atoms with Crippen LogP contribution in [-0.2, 0) is 24.1 Å². The highest BCUT2D eigenvalue weighted by Crippen LogP contribution is 2.19. The number of amides is 1. The van der Waals surface area contributed by atoms with Crippen molar-refractivity contribution in [2.45, 2.75) is 25.5 Å². The van der Waals surface area contributed by atoms with Crippen LogP contribution in [-0.4, -0.2) is 78.9 Å². The fourth-order valence-electron chi connectivity index (χ4n) is 3.98. The number of carbonyl (C=O) groups is 1. The molecular formula is C23H31N5O3. The largest absolute Gasteiger partial charge is 0.390 e. The van der Waals surface area contributed by atoms with E-state index in [1.165, 1.54) is 11.1 Å². The number of ether oxygens (including phenoxy) is 1. The summed E-state index contributed by atoms with van der Waals surface area (Å²) in [6.45, 7) is 3.91. The third-order valence-corrected chi connectivity index (χ3v) is 5.78. The number of aliphatic hydroxyl groups is 1. The van der Waals surface area contributed by atoms with Gasteiger partial charge >= 0.3 is 0 Å². The van der Waals surface area contributed by atoms with Crippen molar-refractivity contribution in [3.05, 3.63) is 52.8 Å². The van der Waals surface area contributed by atoms with E-state index in [4.69, 9.17) is 4.74 Å². The number of β-amino-alcohol motifs (C(OH)–C–C–N with tert-alkyl or cyclic N) is 1. The number of aliphatic hydroxyl groups excluding tert-OH is 1. The van der Waals surface area contributed by atoms with Crippen LogP contribution in [0, 0.1) is 5.92 Å². The van der Waals surface area contributed by atoms with Crippen molar-refractivity contribution in [1.29, 1.82) is 0 Å². The molecule has 4 rings (SSSR count). The van der Waals surface area contributed by atoms with Gasteiger partial charge in [0, 0.05) is 51.9 Å². The first kappa shape index (κ1) is 21.7. The van der Waals surface area contributed by atoms with Crippen molar-refractivity contribution >= 4 is 11.9 Å². The van der Waals surface area contributed by atoms with E-state index in [1.807, 2.05) is 14.1 Å². The van der Waals surface area contributed by atoms with Gasteiger partial charge in [0.2, 0.25) is 5.95 Å². The van der Waals surface area contributed by atoms with E-state index in [-0.39, 0.29) is 12.5 Å². The van der Waals surface area contributed by atoms with Crippen LogP contribution in [0.2, 0.25) is 0 Å². The summed E-state index contributed by atoms with van der Waals surface area (Å²) in [7, 11) is 3.71. The van der Waals surface area contributed by atoms with E-state index in [0.29, 0.717) is 24.1 Å². The molecule has 31 heavy (non-hydrogen) atoms. The Morgan fingerprint density at radius 3 is 2.77 bits per heavy atom.